The standard InChI is InChI=1S/C14H26N2O2/c1-11-6-14(7-11,10-15)13(17)16-5-3-4-12(8-16)9-18-2/h11-12H,3-10,15H2,1-2H3. The number of rotatable bonds is 4. The van der Waals surface area contributed by atoms with Crippen LogP contribution < -0.4 is 5.73 Å². The van der Waals surface area contributed by atoms with Crippen molar-refractivity contribution >= 4 is 5.91 Å². The van der Waals surface area contributed by atoms with Gasteiger partial charge in [-0.1, -0.05) is 6.92 Å². The quantitative estimate of drug-likeness (QED) is 0.821. The van der Waals surface area contributed by atoms with Gasteiger partial charge in [-0.05, 0) is 37.5 Å². The molecule has 0 bridgehead atoms. The highest BCUT2D eigenvalue weighted by Crippen LogP contribution is 2.46. The van der Waals surface area contributed by atoms with Gasteiger partial charge >= 0.3 is 0 Å². The molecule has 0 spiro atoms. The van der Waals surface area contributed by atoms with Gasteiger partial charge in [0.05, 0.1) is 12.0 Å². The van der Waals surface area contributed by atoms with Crippen LogP contribution in [0.5, 0.6) is 0 Å². The van der Waals surface area contributed by atoms with Crippen LogP contribution in [-0.4, -0.2) is 44.2 Å². The van der Waals surface area contributed by atoms with Crippen molar-refractivity contribution in [2.45, 2.75) is 32.6 Å². The number of nitrogens with two attached hydrogens (primary N) is 1. The Hall–Kier alpha value is -0.610. The molecule has 0 aromatic heterocycles. The van der Waals surface area contributed by atoms with Crippen LogP contribution in [0.2, 0.25) is 0 Å². The maximum absolute atomic E-state index is 12.6. The Balaban J connectivity index is 1.96. The van der Waals surface area contributed by atoms with E-state index in [9.17, 15) is 4.79 Å². The molecule has 2 N–H and O–H groups in total. The second-order valence-electron chi connectivity index (χ2n) is 6.21. The predicted molar refractivity (Wildman–Crippen MR) is 71.1 cm³/mol. The number of hydrogen-bond donors (Lipinski definition) is 1. The fraction of sp³-hybridized carbons (Fsp3) is 0.929. The van der Waals surface area contributed by atoms with Crippen LogP contribution in [0.15, 0.2) is 0 Å². The van der Waals surface area contributed by atoms with Gasteiger partial charge in [-0.2, -0.15) is 0 Å². The number of likely N-dealkylation sites (tertiary alicyclic amines) is 1. The first-order chi connectivity index (χ1) is 8.61. The predicted octanol–water partition coefficient (Wildman–Crippen LogP) is 1.25. The van der Waals surface area contributed by atoms with Gasteiger partial charge in [0.15, 0.2) is 0 Å². The Morgan fingerprint density at radius 1 is 1.50 bits per heavy atom. The third kappa shape index (κ3) is 2.54. The summed E-state index contributed by atoms with van der Waals surface area (Å²) in [5.74, 6) is 1.45. The van der Waals surface area contributed by atoms with Gasteiger partial charge in [-0.15, -0.1) is 0 Å². The molecule has 2 rings (SSSR count). The largest absolute Gasteiger partial charge is 0.384 e. The lowest BCUT2D eigenvalue weighted by Gasteiger charge is -2.48. The molecule has 0 aromatic carbocycles. The van der Waals surface area contributed by atoms with Crippen molar-refractivity contribution in [3.05, 3.63) is 0 Å². The number of carbonyl (C=O) groups is 1. The second-order valence-corrected chi connectivity index (χ2v) is 6.21. The maximum Gasteiger partial charge on any atom is 0.230 e. The Labute approximate surface area is 110 Å². The molecule has 1 amide bonds. The average Bonchev–Trinajstić information content (AvgIpc) is 2.35. The van der Waals surface area contributed by atoms with Gasteiger partial charge in [0.25, 0.3) is 0 Å². The lowest BCUT2D eigenvalue weighted by molar-refractivity contribution is -0.152. The molecular weight excluding hydrogens is 228 g/mol. The van der Waals surface area contributed by atoms with E-state index in [1.807, 2.05) is 4.90 Å². The van der Waals surface area contributed by atoms with E-state index in [2.05, 4.69) is 6.92 Å². The van der Waals surface area contributed by atoms with Gasteiger partial charge in [-0.3, -0.25) is 4.79 Å². The zero-order valence-corrected chi connectivity index (χ0v) is 11.7. The Kier molecular flexibility index (Phi) is 4.28. The molecule has 1 unspecified atom stereocenters. The fourth-order valence-corrected chi connectivity index (χ4v) is 3.66. The molecule has 1 heterocycles. The molecule has 104 valence electrons. The third-order valence-corrected chi connectivity index (χ3v) is 4.53. The molecule has 4 heteroatoms. The first-order valence-electron chi connectivity index (χ1n) is 7.09. The minimum atomic E-state index is -0.242. The third-order valence-electron chi connectivity index (χ3n) is 4.53. The summed E-state index contributed by atoms with van der Waals surface area (Å²) in [6.07, 6.45) is 4.20. The van der Waals surface area contributed by atoms with Crippen molar-refractivity contribution in [3.63, 3.8) is 0 Å². The molecule has 2 fully saturated rings. The number of piperidine rings is 1. The average molecular weight is 254 g/mol. The molecule has 1 aliphatic carbocycles. The van der Waals surface area contributed by atoms with Crippen LogP contribution in [-0.2, 0) is 9.53 Å². The van der Waals surface area contributed by atoms with Crippen LogP contribution in [0.1, 0.15) is 32.6 Å². The number of ether oxygens (including phenoxy) is 1. The highest BCUT2D eigenvalue weighted by Gasteiger charge is 2.49. The number of methoxy groups -OCH3 is 1. The Morgan fingerprint density at radius 2 is 2.22 bits per heavy atom. The first kappa shape index (κ1) is 13.8. The zero-order valence-electron chi connectivity index (χ0n) is 11.7. The summed E-state index contributed by atoms with van der Waals surface area (Å²) in [5.41, 5.74) is 5.62. The van der Waals surface area contributed by atoms with Crippen LogP contribution >= 0.6 is 0 Å². The van der Waals surface area contributed by atoms with Crippen LogP contribution in [0, 0.1) is 17.3 Å². The number of nitrogens with zero attached hydrogens (tertiary/aromatic N) is 1. The molecule has 0 aromatic rings. The summed E-state index contributed by atoms with van der Waals surface area (Å²) < 4.78 is 5.22. The maximum atomic E-state index is 12.6. The van der Waals surface area contributed by atoms with E-state index in [1.54, 1.807) is 7.11 Å². The highest BCUT2D eigenvalue weighted by molar-refractivity contribution is 5.84. The van der Waals surface area contributed by atoms with E-state index < -0.39 is 0 Å². The van der Waals surface area contributed by atoms with E-state index in [0.29, 0.717) is 24.3 Å². The van der Waals surface area contributed by atoms with E-state index in [1.165, 1.54) is 6.42 Å². The van der Waals surface area contributed by atoms with E-state index in [-0.39, 0.29) is 5.41 Å². The SMILES string of the molecule is COCC1CCCN(C(=O)C2(CN)CC(C)C2)C1. The summed E-state index contributed by atoms with van der Waals surface area (Å²) >= 11 is 0. The van der Waals surface area contributed by atoms with Crippen molar-refractivity contribution in [3.8, 4) is 0 Å². The van der Waals surface area contributed by atoms with Gasteiger partial charge in [-0.25, -0.2) is 0 Å². The fourth-order valence-electron chi connectivity index (χ4n) is 3.66. The van der Waals surface area contributed by atoms with E-state index in [0.717, 1.165) is 39.0 Å². The van der Waals surface area contributed by atoms with Crippen LogP contribution in [0.4, 0.5) is 0 Å². The summed E-state index contributed by atoms with van der Waals surface area (Å²) in [5, 5.41) is 0. The summed E-state index contributed by atoms with van der Waals surface area (Å²) in [7, 11) is 1.73. The van der Waals surface area contributed by atoms with Gasteiger partial charge in [0.1, 0.15) is 0 Å². The molecule has 1 atom stereocenters. The number of carbonyl (C=O) groups excluding carboxylic acids is 1. The topological polar surface area (TPSA) is 55.6 Å². The van der Waals surface area contributed by atoms with Crippen LogP contribution in [0.25, 0.3) is 0 Å². The Bertz CT molecular complexity index is 298. The molecule has 4 nitrogen and oxygen atoms in total. The molecular formula is C14H26N2O2. The van der Waals surface area contributed by atoms with Crippen molar-refractivity contribution < 1.29 is 9.53 Å². The minimum absolute atomic E-state index is 0.242. The van der Waals surface area contributed by atoms with Crippen molar-refractivity contribution in [1.29, 1.82) is 0 Å². The zero-order chi connectivity index (χ0) is 13.2. The normalized spacial score (nSPS) is 36.3. The molecule has 18 heavy (non-hydrogen) atoms. The van der Waals surface area contributed by atoms with E-state index >= 15 is 0 Å². The summed E-state index contributed by atoms with van der Waals surface area (Å²) in [6, 6.07) is 0. The van der Waals surface area contributed by atoms with Gasteiger partial charge in [0, 0.05) is 26.7 Å². The number of hydrogen-bond acceptors (Lipinski definition) is 3. The van der Waals surface area contributed by atoms with Gasteiger partial charge < -0.3 is 15.4 Å². The number of amides is 1. The second kappa shape index (κ2) is 5.57. The lowest BCUT2D eigenvalue weighted by atomic mass is 9.61. The van der Waals surface area contributed by atoms with Crippen molar-refractivity contribution in [2.24, 2.45) is 23.0 Å². The van der Waals surface area contributed by atoms with Crippen molar-refractivity contribution in [1.82, 2.24) is 4.90 Å². The first-order valence-corrected chi connectivity index (χ1v) is 7.09. The van der Waals surface area contributed by atoms with Gasteiger partial charge in [0.2, 0.25) is 5.91 Å². The summed E-state index contributed by atoms with van der Waals surface area (Å²) in [4.78, 5) is 14.7. The molecule has 0 radical (unpaired) electrons. The molecule has 1 saturated carbocycles. The molecule has 1 aliphatic heterocycles. The lowest BCUT2D eigenvalue weighted by Crippen LogP contribution is -2.56. The summed E-state index contributed by atoms with van der Waals surface area (Å²) in [6.45, 7) is 5.21. The van der Waals surface area contributed by atoms with E-state index in [4.69, 9.17) is 10.5 Å². The molecule has 1 saturated heterocycles. The molecule has 2 aliphatic rings. The highest BCUT2D eigenvalue weighted by atomic mass is 16.5. The van der Waals surface area contributed by atoms with Crippen LogP contribution in [0.3, 0.4) is 0 Å². The monoisotopic (exact) mass is 254 g/mol. The Morgan fingerprint density at radius 3 is 2.78 bits per heavy atom. The minimum Gasteiger partial charge on any atom is -0.384 e. The van der Waals surface area contributed by atoms with Crippen molar-refractivity contribution in [2.75, 3.05) is 33.4 Å². The smallest absolute Gasteiger partial charge is 0.230 e.